The van der Waals surface area contributed by atoms with Crippen molar-refractivity contribution in [1.82, 2.24) is 14.5 Å². The highest BCUT2D eigenvalue weighted by Crippen LogP contribution is 2.30. The molecule has 0 aliphatic rings. The first kappa shape index (κ1) is 27.8. The van der Waals surface area contributed by atoms with Crippen LogP contribution in [0, 0.1) is 13.8 Å². The number of hydrogen-bond donors (Lipinski definition) is 1. The molecule has 10 nitrogen and oxygen atoms in total. The summed E-state index contributed by atoms with van der Waals surface area (Å²) in [6, 6.07) is 10.4. The van der Waals surface area contributed by atoms with E-state index in [0.29, 0.717) is 46.2 Å². The summed E-state index contributed by atoms with van der Waals surface area (Å²) in [6.45, 7) is 3.82. The molecule has 0 aliphatic heterocycles. The second kappa shape index (κ2) is 11.6. The van der Waals surface area contributed by atoms with Crippen molar-refractivity contribution in [2.75, 3.05) is 35.0 Å². The highest BCUT2D eigenvalue weighted by atomic mass is 32.1. The van der Waals surface area contributed by atoms with Crippen LogP contribution in [-0.4, -0.2) is 50.0 Å². The van der Waals surface area contributed by atoms with Crippen LogP contribution in [0.1, 0.15) is 16.0 Å². The van der Waals surface area contributed by atoms with Crippen molar-refractivity contribution in [2.45, 2.75) is 26.8 Å². The van der Waals surface area contributed by atoms with E-state index in [-0.39, 0.29) is 18.1 Å². The molecule has 39 heavy (non-hydrogen) atoms. The summed E-state index contributed by atoms with van der Waals surface area (Å²) in [5.41, 5.74) is 0.889. The fraction of sp³-hybridized carbons (Fsp3) is 0.321. The first-order chi connectivity index (χ1) is 18.7. The van der Waals surface area contributed by atoms with E-state index in [9.17, 15) is 14.4 Å². The number of nitrogens with one attached hydrogen (secondary N) is 1. The average molecular weight is 554 g/mol. The molecule has 0 atom stereocenters. The lowest BCUT2D eigenvalue weighted by Gasteiger charge is -2.15. The summed E-state index contributed by atoms with van der Waals surface area (Å²) in [6.07, 6.45) is 0.552. The zero-order valence-electron chi connectivity index (χ0n) is 22.7. The molecule has 4 rings (SSSR count). The Morgan fingerprint density at radius 2 is 1.62 bits per heavy atom. The van der Waals surface area contributed by atoms with Crippen LogP contribution in [-0.2, 0) is 17.8 Å². The number of aryl methyl sites for hydroxylation is 2. The Morgan fingerprint density at radius 1 is 0.897 bits per heavy atom. The molecule has 4 aromatic rings. The molecular weight excluding hydrogens is 522 g/mol. The summed E-state index contributed by atoms with van der Waals surface area (Å²) in [5, 5.41) is 3.27. The molecule has 0 saturated carbocycles. The Morgan fingerprint density at radius 3 is 2.28 bits per heavy atom. The Labute approximate surface area is 229 Å². The van der Waals surface area contributed by atoms with Crippen molar-refractivity contribution in [3.8, 4) is 28.7 Å². The monoisotopic (exact) mass is 553 g/mol. The van der Waals surface area contributed by atoms with Crippen LogP contribution < -0.4 is 35.5 Å². The van der Waals surface area contributed by atoms with E-state index < -0.39 is 11.2 Å². The van der Waals surface area contributed by atoms with Gasteiger partial charge in [0, 0.05) is 17.5 Å². The average Bonchev–Trinajstić information content (AvgIpc) is 3.24. The number of fused-ring (bicyclic) bond motifs is 1. The Hall–Kier alpha value is -4.25. The number of ether oxygens (including phenoxy) is 4. The standard InChI is InChI=1S/C28H31N3O7S/c1-16-17(2)39-27-25(16)26(33)31(20-9-8-19(35-3)14-22(20)37-5)28(34)30(27)15-24(32)29-12-11-18-7-10-21(36-4)23(13-18)38-6/h7-10,13-14H,11-12,15H2,1-6H3,(H,29,32). The van der Waals surface area contributed by atoms with Crippen LogP contribution in [0.4, 0.5) is 0 Å². The zero-order chi connectivity index (χ0) is 28.3. The fourth-order valence-corrected chi connectivity index (χ4v) is 5.50. The summed E-state index contributed by atoms with van der Waals surface area (Å²) < 4.78 is 23.7. The van der Waals surface area contributed by atoms with Gasteiger partial charge in [-0.05, 0) is 55.7 Å². The van der Waals surface area contributed by atoms with Crippen LogP contribution in [0.25, 0.3) is 15.9 Å². The van der Waals surface area contributed by atoms with E-state index in [4.69, 9.17) is 18.9 Å². The highest BCUT2D eigenvalue weighted by molar-refractivity contribution is 7.18. The number of methoxy groups -OCH3 is 4. The summed E-state index contributed by atoms with van der Waals surface area (Å²) in [4.78, 5) is 41.7. The molecule has 0 aliphatic carbocycles. The van der Waals surface area contributed by atoms with Gasteiger partial charge in [-0.15, -0.1) is 11.3 Å². The highest BCUT2D eigenvalue weighted by Gasteiger charge is 2.22. The molecule has 1 amide bonds. The third kappa shape index (κ3) is 5.35. The van der Waals surface area contributed by atoms with E-state index in [2.05, 4.69) is 5.32 Å². The van der Waals surface area contributed by atoms with Gasteiger partial charge in [0.2, 0.25) is 5.91 Å². The number of aromatic nitrogens is 2. The number of benzene rings is 2. The maximum absolute atomic E-state index is 13.7. The molecule has 2 aromatic carbocycles. The second-order valence-corrected chi connectivity index (χ2v) is 10.0. The summed E-state index contributed by atoms with van der Waals surface area (Å²) in [7, 11) is 6.10. The van der Waals surface area contributed by atoms with Crippen molar-refractivity contribution < 1.29 is 23.7 Å². The van der Waals surface area contributed by atoms with Crippen LogP contribution >= 0.6 is 11.3 Å². The molecule has 2 heterocycles. The number of carbonyl (C=O) groups excluding carboxylic acids is 1. The van der Waals surface area contributed by atoms with E-state index >= 15 is 0 Å². The number of thiophene rings is 1. The number of nitrogens with zero attached hydrogens (tertiary/aromatic N) is 2. The number of rotatable bonds is 10. The van der Waals surface area contributed by atoms with Gasteiger partial charge in [0.1, 0.15) is 22.9 Å². The molecule has 0 unspecified atom stereocenters. The second-order valence-electron chi connectivity index (χ2n) is 8.80. The predicted octanol–water partition coefficient (Wildman–Crippen LogP) is 3.22. The predicted molar refractivity (Wildman–Crippen MR) is 151 cm³/mol. The molecule has 0 bridgehead atoms. The van der Waals surface area contributed by atoms with Gasteiger partial charge in [-0.1, -0.05) is 6.07 Å². The van der Waals surface area contributed by atoms with Crippen LogP contribution in [0.15, 0.2) is 46.0 Å². The van der Waals surface area contributed by atoms with Crippen LogP contribution in [0.5, 0.6) is 23.0 Å². The minimum absolute atomic E-state index is 0.251. The smallest absolute Gasteiger partial charge is 0.337 e. The first-order valence-electron chi connectivity index (χ1n) is 12.2. The van der Waals surface area contributed by atoms with Crippen molar-refractivity contribution in [3.05, 3.63) is 73.2 Å². The Balaban J connectivity index is 1.67. The summed E-state index contributed by atoms with van der Waals surface area (Å²) in [5.74, 6) is 1.69. The molecular formula is C28H31N3O7S. The van der Waals surface area contributed by atoms with Crippen molar-refractivity contribution in [3.63, 3.8) is 0 Å². The molecule has 206 valence electrons. The molecule has 0 spiro atoms. The van der Waals surface area contributed by atoms with Crippen LogP contribution in [0.3, 0.4) is 0 Å². The lowest BCUT2D eigenvalue weighted by atomic mass is 10.1. The number of carbonyl (C=O) groups is 1. The van der Waals surface area contributed by atoms with Gasteiger partial charge in [0.15, 0.2) is 11.5 Å². The molecule has 0 radical (unpaired) electrons. The van der Waals surface area contributed by atoms with Crippen LogP contribution in [0.2, 0.25) is 0 Å². The van der Waals surface area contributed by atoms with Gasteiger partial charge < -0.3 is 24.3 Å². The lowest BCUT2D eigenvalue weighted by molar-refractivity contribution is -0.121. The van der Waals surface area contributed by atoms with Crippen molar-refractivity contribution in [1.29, 1.82) is 0 Å². The summed E-state index contributed by atoms with van der Waals surface area (Å²) >= 11 is 1.32. The van der Waals surface area contributed by atoms with Gasteiger partial charge in [-0.3, -0.25) is 14.2 Å². The largest absolute Gasteiger partial charge is 0.497 e. The van der Waals surface area contributed by atoms with E-state index in [1.54, 1.807) is 32.4 Å². The van der Waals surface area contributed by atoms with Gasteiger partial charge in [0.25, 0.3) is 5.56 Å². The van der Waals surface area contributed by atoms with E-state index in [1.165, 1.54) is 30.1 Å². The van der Waals surface area contributed by atoms with E-state index in [0.717, 1.165) is 20.6 Å². The zero-order valence-corrected chi connectivity index (χ0v) is 23.6. The van der Waals surface area contributed by atoms with Gasteiger partial charge in [0.05, 0.1) is 39.5 Å². The number of amides is 1. The van der Waals surface area contributed by atoms with Crippen molar-refractivity contribution >= 4 is 27.5 Å². The normalized spacial score (nSPS) is 10.9. The SMILES string of the molecule is COc1ccc(-n2c(=O)c3c(C)c(C)sc3n(CC(=O)NCCc3ccc(OC)c(OC)c3)c2=O)c(OC)c1. The van der Waals surface area contributed by atoms with Crippen molar-refractivity contribution in [2.24, 2.45) is 0 Å². The van der Waals surface area contributed by atoms with Gasteiger partial charge in [-0.25, -0.2) is 9.36 Å². The Bertz CT molecular complexity index is 1650. The topological polar surface area (TPSA) is 110 Å². The maximum atomic E-state index is 13.7. The minimum atomic E-state index is -0.632. The molecule has 0 fully saturated rings. The molecule has 11 heteroatoms. The van der Waals surface area contributed by atoms with Gasteiger partial charge in [-0.2, -0.15) is 0 Å². The van der Waals surface area contributed by atoms with E-state index in [1.807, 2.05) is 32.0 Å². The quantitative estimate of drug-likeness (QED) is 0.321. The Kier molecular flexibility index (Phi) is 8.29. The minimum Gasteiger partial charge on any atom is -0.497 e. The third-order valence-corrected chi connectivity index (χ3v) is 7.79. The third-order valence-electron chi connectivity index (χ3n) is 6.56. The molecule has 2 aromatic heterocycles. The molecule has 0 saturated heterocycles. The maximum Gasteiger partial charge on any atom is 0.337 e. The first-order valence-corrected chi connectivity index (χ1v) is 13.0. The fourth-order valence-electron chi connectivity index (χ4n) is 4.36. The number of hydrogen-bond acceptors (Lipinski definition) is 8. The lowest BCUT2D eigenvalue weighted by Crippen LogP contribution is -2.42. The van der Waals surface area contributed by atoms with Gasteiger partial charge >= 0.3 is 5.69 Å². The molecule has 1 N–H and O–H groups in total.